The van der Waals surface area contributed by atoms with Crippen molar-refractivity contribution in [2.75, 3.05) is 5.32 Å². The minimum Gasteiger partial charge on any atom is -0.333 e. The van der Waals surface area contributed by atoms with Crippen LogP contribution in [0.15, 0.2) is 29.8 Å². The first kappa shape index (κ1) is 22.4. The number of hydrogen-bond acceptors (Lipinski definition) is 4. The second kappa shape index (κ2) is 8.96. The summed E-state index contributed by atoms with van der Waals surface area (Å²) < 4.78 is 0. The quantitative estimate of drug-likeness (QED) is 0.612. The summed E-state index contributed by atoms with van der Waals surface area (Å²) in [4.78, 5) is 40.5. The van der Waals surface area contributed by atoms with Crippen LogP contribution in [0.5, 0.6) is 0 Å². The predicted octanol–water partition coefficient (Wildman–Crippen LogP) is 4.48. The molecule has 0 aliphatic carbocycles. The van der Waals surface area contributed by atoms with Crippen LogP contribution in [0.2, 0.25) is 5.02 Å². The van der Waals surface area contributed by atoms with Crippen molar-refractivity contribution in [1.82, 2.24) is 15.5 Å². The Morgan fingerprint density at radius 1 is 1.31 bits per heavy atom. The molecule has 9 heteroatoms. The molecule has 32 heavy (non-hydrogen) atoms. The topological polar surface area (TPSA) is 90.5 Å². The SMILES string of the molecule is C=C1CCC[C@H](N2Cc3c(csc3CNC(=O)Nc3cc(Cl)c(C)cc3C)C2=O)C(=O)N1. The molecule has 0 saturated carbocycles. The first-order chi connectivity index (χ1) is 15.2. The monoisotopic (exact) mass is 472 g/mol. The number of allylic oxidation sites excluding steroid dienone is 1. The van der Waals surface area contributed by atoms with Crippen LogP contribution >= 0.6 is 22.9 Å². The standard InChI is InChI=1S/C23H25ClN4O3S/c1-12-7-13(2)18(8-17(12)24)27-23(31)25-9-20-15-10-28(22(30)16(15)11-32-20)19-6-4-5-14(3)26-21(19)29/h7-8,11,19H,3-6,9-10H2,1-2H3,(H,26,29)(H2,25,27,31)/t19-/m0/s1. The van der Waals surface area contributed by atoms with Crippen LogP contribution in [0.4, 0.5) is 10.5 Å². The second-order valence-corrected chi connectivity index (χ2v) is 9.58. The van der Waals surface area contributed by atoms with Crippen molar-refractivity contribution in [1.29, 1.82) is 0 Å². The molecule has 168 valence electrons. The Hall–Kier alpha value is -2.84. The molecule has 4 rings (SSSR count). The molecule has 0 unspecified atom stereocenters. The summed E-state index contributed by atoms with van der Waals surface area (Å²) in [5.41, 5.74) is 4.71. The van der Waals surface area contributed by atoms with Gasteiger partial charge >= 0.3 is 6.03 Å². The molecule has 4 amide bonds. The van der Waals surface area contributed by atoms with E-state index in [-0.39, 0.29) is 17.8 Å². The smallest absolute Gasteiger partial charge is 0.319 e. The number of carbonyl (C=O) groups excluding carboxylic acids is 3. The van der Waals surface area contributed by atoms with E-state index in [4.69, 9.17) is 11.6 Å². The number of fused-ring (bicyclic) bond motifs is 1. The number of amides is 4. The summed E-state index contributed by atoms with van der Waals surface area (Å²) in [5.74, 6) is -0.314. The van der Waals surface area contributed by atoms with Crippen molar-refractivity contribution < 1.29 is 14.4 Å². The van der Waals surface area contributed by atoms with E-state index in [2.05, 4.69) is 22.5 Å². The van der Waals surface area contributed by atoms with Gasteiger partial charge in [-0.2, -0.15) is 0 Å². The molecule has 1 atom stereocenters. The van der Waals surface area contributed by atoms with E-state index in [1.54, 1.807) is 11.0 Å². The lowest BCUT2D eigenvalue weighted by molar-refractivity contribution is -0.124. The average Bonchev–Trinajstić information content (AvgIpc) is 3.22. The lowest BCUT2D eigenvalue weighted by atomic mass is 10.1. The zero-order chi connectivity index (χ0) is 23.0. The van der Waals surface area contributed by atoms with Crippen LogP contribution in [0.1, 0.15) is 51.2 Å². The second-order valence-electron chi connectivity index (χ2n) is 8.21. The van der Waals surface area contributed by atoms with Crippen LogP contribution in [-0.4, -0.2) is 28.8 Å². The minimum atomic E-state index is -0.502. The van der Waals surface area contributed by atoms with Gasteiger partial charge in [-0.1, -0.05) is 24.2 Å². The molecule has 0 spiro atoms. The summed E-state index contributed by atoms with van der Waals surface area (Å²) in [6, 6.07) is 2.80. The molecule has 1 aromatic carbocycles. The van der Waals surface area contributed by atoms with Gasteiger partial charge in [0.15, 0.2) is 0 Å². The number of carbonyl (C=O) groups is 3. The summed E-state index contributed by atoms with van der Waals surface area (Å²) >= 11 is 7.61. The van der Waals surface area contributed by atoms with Crippen molar-refractivity contribution in [3.05, 3.63) is 61.9 Å². The molecular formula is C23H25ClN4O3S. The number of urea groups is 1. The maximum absolute atomic E-state index is 12.9. The number of benzene rings is 1. The molecule has 1 fully saturated rings. The first-order valence-corrected chi connectivity index (χ1v) is 11.7. The van der Waals surface area contributed by atoms with Crippen LogP contribution < -0.4 is 16.0 Å². The minimum absolute atomic E-state index is 0.135. The average molecular weight is 473 g/mol. The van der Waals surface area contributed by atoms with Crippen molar-refractivity contribution in [2.24, 2.45) is 0 Å². The summed E-state index contributed by atoms with van der Waals surface area (Å²) in [6.07, 6.45) is 2.14. The lowest BCUT2D eigenvalue weighted by Gasteiger charge is -2.25. The van der Waals surface area contributed by atoms with Crippen LogP contribution in [0, 0.1) is 13.8 Å². The highest BCUT2D eigenvalue weighted by Gasteiger charge is 2.39. The number of rotatable bonds is 4. The molecular weight excluding hydrogens is 448 g/mol. The number of nitrogens with zero attached hydrogens (tertiary/aromatic N) is 1. The van der Waals surface area contributed by atoms with Gasteiger partial charge in [0.1, 0.15) is 6.04 Å². The number of halogens is 1. The summed E-state index contributed by atoms with van der Waals surface area (Å²) in [7, 11) is 0. The normalized spacial score (nSPS) is 18.3. The molecule has 2 aliphatic heterocycles. The highest BCUT2D eigenvalue weighted by molar-refractivity contribution is 7.10. The van der Waals surface area contributed by atoms with E-state index >= 15 is 0 Å². The van der Waals surface area contributed by atoms with Gasteiger partial charge in [0.05, 0.1) is 12.1 Å². The van der Waals surface area contributed by atoms with Crippen LogP contribution in [0.25, 0.3) is 0 Å². The van der Waals surface area contributed by atoms with Gasteiger partial charge < -0.3 is 20.9 Å². The van der Waals surface area contributed by atoms with Gasteiger partial charge in [0.25, 0.3) is 5.91 Å². The van der Waals surface area contributed by atoms with Crippen molar-refractivity contribution in [3.8, 4) is 0 Å². The van der Waals surface area contributed by atoms with Gasteiger partial charge in [-0.05, 0) is 55.9 Å². The van der Waals surface area contributed by atoms with E-state index < -0.39 is 6.04 Å². The van der Waals surface area contributed by atoms with Gasteiger partial charge in [0.2, 0.25) is 5.91 Å². The van der Waals surface area contributed by atoms with Gasteiger partial charge in [-0.3, -0.25) is 9.59 Å². The van der Waals surface area contributed by atoms with Crippen LogP contribution in [-0.2, 0) is 17.9 Å². The fourth-order valence-electron chi connectivity index (χ4n) is 4.12. The molecule has 7 nitrogen and oxygen atoms in total. The highest BCUT2D eigenvalue weighted by atomic mass is 35.5. The number of aryl methyl sites for hydroxylation is 2. The van der Waals surface area contributed by atoms with Crippen LogP contribution in [0.3, 0.4) is 0 Å². The Kier molecular flexibility index (Phi) is 6.26. The summed E-state index contributed by atoms with van der Waals surface area (Å²) in [6.45, 7) is 8.33. The predicted molar refractivity (Wildman–Crippen MR) is 126 cm³/mol. The van der Waals surface area contributed by atoms with Crippen molar-refractivity contribution >= 4 is 46.5 Å². The maximum atomic E-state index is 12.9. The zero-order valence-electron chi connectivity index (χ0n) is 18.0. The van der Waals surface area contributed by atoms with E-state index in [0.717, 1.165) is 34.4 Å². The fraction of sp³-hybridized carbons (Fsp3) is 0.348. The van der Waals surface area contributed by atoms with Crippen molar-refractivity contribution in [3.63, 3.8) is 0 Å². The first-order valence-electron chi connectivity index (χ1n) is 10.4. The number of thiophene rings is 1. The van der Waals surface area contributed by atoms with Crippen molar-refractivity contribution in [2.45, 2.75) is 52.2 Å². The summed E-state index contributed by atoms with van der Waals surface area (Å²) in [5, 5.41) is 10.9. The third kappa shape index (κ3) is 4.38. The molecule has 1 saturated heterocycles. The maximum Gasteiger partial charge on any atom is 0.319 e. The molecule has 3 heterocycles. The van der Waals surface area contributed by atoms with E-state index in [1.165, 1.54) is 11.3 Å². The molecule has 1 aromatic heterocycles. The largest absolute Gasteiger partial charge is 0.333 e. The Morgan fingerprint density at radius 2 is 2.09 bits per heavy atom. The highest BCUT2D eigenvalue weighted by Crippen LogP contribution is 2.34. The molecule has 3 N–H and O–H groups in total. The Morgan fingerprint density at radius 3 is 2.88 bits per heavy atom. The molecule has 0 bridgehead atoms. The Balaban J connectivity index is 1.41. The molecule has 2 aromatic rings. The van der Waals surface area contributed by atoms with E-state index in [9.17, 15) is 14.4 Å². The Labute approximate surface area is 195 Å². The van der Waals surface area contributed by atoms with Gasteiger partial charge in [-0.25, -0.2) is 4.79 Å². The van der Waals surface area contributed by atoms with E-state index in [1.807, 2.05) is 25.3 Å². The third-order valence-electron chi connectivity index (χ3n) is 5.90. The van der Waals surface area contributed by atoms with Gasteiger partial charge in [0, 0.05) is 33.2 Å². The lowest BCUT2D eigenvalue weighted by Crippen LogP contribution is -2.45. The zero-order valence-corrected chi connectivity index (χ0v) is 19.6. The molecule has 2 aliphatic rings. The van der Waals surface area contributed by atoms with E-state index in [0.29, 0.717) is 41.5 Å². The Bertz CT molecular complexity index is 1130. The third-order valence-corrected chi connectivity index (χ3v) is 7.33. The fourth-order valence-corrected chi connectivity index (χ4v) is 5.26. The van der Waals surface area contributed by atoms with Gasteiger partial charge in [-0.15, -0.1) is 11.3 Å². The number of nitrogens with one attached hydrogen (secondary N) is 3. The molecule has 0 radical (unpaired) electrons. The number of hydrogen-bond donors (Lipinski definition) is 3. The number of anilines is 1.